The summed E-state index contributed by atoms with van der Waals surface area (Å²) in [6.45, 7) is 3.14. The van der Waals surface area contributed by atoms with Gasteiger partial charge in [0, 0.05) is 35.8 Å². The van der Waals surface area contributed by atoms with Crippen molar-refractivity contribution >= 4 is 68.5 Å². The van der Waals surface area contributed by atoms with Gasteiger partial charge in [0.25, 0.3) is 11.8 Å². The molecule has 1 aromatic rings. The number of thioether (sulfide) groups is 1. The predicted molar refractivity (Wildman–Crippen MR) is 148 cm³/mol. The van der Waals surface area contributed by atoms with E-state index in [0.29, 0.717) is 12.1 Å². The number of thiazole rings is 1. The number of carboxylic acid groups (broad SMARTS) is 2. The predicted octanol–water partition coefficient (Wildman–Crippen LogP) is 0.140. The van der Waals surface area contributed by atoms with Crippen LogP contribution >= 0.6 is 23.1 Å². The number of nitrogens with two attached hydrogens (primary N) is 1. The van der Waals surface area contributed by atoms with Gasteiger partial charge >= 0.3 is 11.9 Å². The highest BCUT2D eigenvalue weighted by atomic mass is 32.2. The van der Waals surface area contributed by atoms with E-state index in [1.54, 1.807) is 0 Å². The van der Waals surface area contributed by atoms with Crippen molar-refractivity contribution in [1.82, 2.24) is 20.1 Å². The van der Waals surface area contributed by atoms with Crippen LogP contribution in [-0.2, 0) is 34.8 Å². The molecule has 214 valence electrons. The first-order chi connectivity index (χ1) is 18.8. The lowest BCUT2D eigenvalue weighted by atomic mass is 10.0. The molecule has 3 aliphatic heterocycles. The minimum absolute atomic E-state index is 0.0303. The molecule has 17 heteroatoms. The fraction of sp³-hybridized carbons (Fsp3) is 0.391. The summed E-state index contributed by atoms with van der Waals surface area (Å²) in [6, 6.07) is -1.31. The summed E-state index contributed by atoms with van der Waals surface area (Å²) in [4.78, 5) is 62.8. The first kappa shape index (κ1) is 29.3. The van der Waals surface area contributed by atoms with Gasteiger partial charge in [-0.05, 0) is 25.5 Å². The third-order valence-corrected chi connectivity index (χ3v) is 9.50. The van der Waals surface area contributed by atoms with E-state index in [-0.39, 0.29) is 28.0 Å². The number of carbonyl (C=O) groups excluding carboxylic acids is 2. The van der Waals surface area contributed by atoms with E-state index in [0.717, 1.165) is 21.1 Å². The number of fused-ring (bicyclic) bond motifs is 1. The van der Waals surface area contributed by atoms with Gasteiger partial charge in [-0.3, -0.25) is 18.7 Å². The molecule has 1 fully saturated rings. The van der Waals surface area contributed by atoms with Gasteiger partial charge in [0.1, 0.15) is 22.8 Å². The number of amides is 2. The van der Waals surface area contributed by atoms with Crippen LogP contribution in [0.5, 0.6) is 0 Å². The number of carbonyl (C=O) groups is 4. The van der Waals surface area contributed by atoms with Crippen molar-refractivity contribution in [3.05, 3.63) is 45.6 Å². The summed E-state index contributed by atoms with van der Waals surface area (Å²) in [6.07, 6.45) is 5.75. The molecule has 1 aromatic heterocycles. The molecule has 3 atom stereocenters. The van der Waals surface area contributed by atoms with Gasteiger partial charge in [0.2, 0.25) is 5.60 Å². The first-order valence-corrected chi connectivity index (χ1v) is 14.9. The Morgan fingerprint density at radius 2 is 2.10 bits per heavy atom. The van der Waals surface area contributed by atoms with Crippen LogP contribution in [0.15, 0.2) is 45.1 Å². The molecule has 14 nitrogen and oxygen atoms in total. The Morgan fingerprint density at radius 1 is 1.38 bits per heavy atom. The molecule has 3 unspecified atom stereocenters. The first-order valence-electron chi connectivity index (χ1n) is 11.7. The zero-order chi connectivity index (χ0) is 29.4. The second-order valence-corrected chi connectivity index (χ2v) is 12.9. The van der Waals surface area contributed by atoms with Gasteiger partial charge in [-0.15, -0.1) is 23.1 Å². The van der Waals surface area contributed by atoms with Gasteiger partial charge in [-0.2, -0.15) is 0 Å². The smallest absolute Gasteiger partial charge is 0.352 e. The summed E-state index contributed by atoms with van der Waals surface area (Å²) < 4.78 is 13.2. The maximum atomic E-state index is 13.2. The average Bonchev–Trinajstić information content (AvgIpc) is 3.31. The molecule has 40 heavy (non-hydrogen) atoms. The molecule has 3 aliphatic rings. The van der Waals surface area contributed by atoms with E-state index in [1.165, 1.54) is 31.0 Å². The van der Waals surface area contributed by atoms with Crippen LogP contribution in [0.25, 0.3) is 0 Å². The van der Waals surface area contributed by atoms with Crippen molar-refractivity contribution in [1.29, 1.82) is 0 Å². The normalized spacial score (nSPS) is 22.9. The molecule has 1 saturated heterocycles. The molecule has 2 amide bonds. The van der Waals surface area contributed by atoms with E-state index in [4.69, 9.17) is 10.6 Å². The van der Waals surface area contributed by atoms with E-state index < -0.39 is 57.3 Å². The number of hydrogen-bond acceptors (Lipinski definition) is 12. The summed E-state index contributed by atoms with van der Waals surface area (Å²) in [7, 11) is 0.192. The van der Waals surface area contributed by atoms with Crippen molar-refractivity contribution in [2.45, 2.75) is 30.9 Å². The quantitative estimate of drug-likeness (QED) is 0.159. The van der Waals surface area contributed by atoms with E-state index in [2.05, 4.69) is 15.5 Å². The van der Waals surface area contributed by atoms with Crippen molar-refractivity contribution in [3.63, 3.8) is 0 Å². The maximum absolute atomic E-state index is 13.2. The third-order valence-electron chi connectivity index (χ3n) is 6.04. The van der Waals surface area contributed by atoms with Crippen LogP contribution < -0.4 is 11.1 Å². The van der Waals surface area contributed by atoms with E-state index in [1.807, 2.05) is 30.3 Å². The van der Waals surface area contributed by atoms with Gasteiger partial charge in [-0.25, -0.2) is 14.6 Å². The highest BCUT2D eigenvalue weighted by Crippen LogP contribution is 2.37. The molecule has 4 rings (SSSR count). The Kier molecular flexibility index (Phi) is 8.36. The summed E-state index contributed by atoms with van der Waals surface area (Å²) in [5, 5.41) is 25.7. The number of nitrogens with one attached hydrogen (secondary N) is 1. The average molecular weight is 611 g/mol. The molecule has 5 N–H and O–H groups in total. The molecule has 0 bridgehead atoms. The number of β-lactam (4-membered cyclic amide) rings is 1. The fourth-order valence-electron chi connectivity index (χ4n) is 3.81. The standard InChI is InChI=1S/C23H26N6O8S3/c1-23(2,21(34)35)37-27-14(13-9-39-22(24)25-13)17(30)26-15-18(31)29-16(20(32)33)11(10-40(36)19(15)29)8-38-12-4-6-28(3)7-5-12/h4-6,9,15,19H,7-8,10H2,1-3H3,(H2,24,25)(H,26,30)(H,32,33)(H,34,35). The van der Waals surface area contributed by atoms with Crippen LogP contribution in [-0.4, -0.2) is 101 Å². The van der Waals surface area contributed by atoms with Gasteiger partial charge in [0.15, 0.2) is 10.8 Å². The monoisotopic (exact) mass is 610 g/mol. The summed E-state index contributed by atoms with van der Waals surface area (Å²) >= 11 is 2.37. The molecule has 4 heterocycles. The van der Waals surface area contributed by atoms with Crippen molar-refractivity contribution in [3.8, 4) is 0 Å². The van der Waals surface area contributed by atoms with Gasteiger partial charge in [-0.1, -0.05) is 11.2 Å². The topological polar surface area (TPSA) is 205 Å². The minimum atomic E-state index is -1.80. The van der Waals surface area contributed by atoms with Crippen molar-refractivity contribution < 1.29 is 38.4 Å². The molecular formula is C23H26N6O8S3. The Labute approximate surface area is 239 Å². The lowest BCUT2D eigenvalue weighted by molar-refractivity contribution is -0.161. The molecule has 0 aliphatic carbocycles. The van der Waals surface area contributed by atoms with Crippen molar-refractivity contribution in [2.24, 2.45) is 5.16 Å². The van der Waals surface area contributed by atoms with Crippen LogP contribution in [0, 0.1) is 0 Å². The number of likely N-dealkylation sites (N-methyl/N-ethyl adjacent to an activating group) is 1. The maximum Gasteiger partial charge on any atom is 0.352 e. The Balaban J connectivity index is 1.54. The fourth-order valence-corrected chi connectivity index (χ4v) is 7.11. The van der Waals surface area contributed by atoms with E-state index in [9.17, 15) is 33.6 Å². The second kappa shape index (κ2) is 11.4. The lowest BCUT2D eigenvalue weighted by Gasteiger charge is -2.49. The Bertz CT molecular complexity index is 1410. The number of aromatic nitrogens is 1. The Morgan fingerprint density at radius 3 is 2.67 bits per heavy atom. The minimum Gasteiger partial charge on any atom is -0.478 e. The zero-order valence-corrected chi connectivity index (χ0v) is 24.0. The molecule has 0 saturated carbocycles. The van der Waals surface area contributed by atoms with Gasteiger partial charge in [0.05, 0.1) is 16.6 Å². The highest BCUT2D eigenvalue weighted by Gasteiger charge is 2.57. The zero-order valence-electron chi connectivity index (χ0n) is 21.5. The molecule has 0 radical (unpaired) electrons. The number of rotatable bonds is 10. The highest BCUT2D eigenvalue weighted by molar-refractivity contribution is 8.03. The van der Waals surface area contributed by atoms with E-state index >= 15 is 0 Å². The van der Waals surface area contributed by atoms with Crippen LogP contribution in [0.3, 0.4) is 0 Å². The third kappa shape index (κ3) is 5.90. The second-order valence-electron chi connectivity index (χ2n) is 9.40. The number of nitrogen functional groups attached to an aromatic ring is 1. The van der Waals surface area contributed by atoms with Crippen molar-refractivity contribution in [2.75, 3.05) is 30.8 Å². The van der Waals surface area contributed by atoms with Crippen LogP contribution in [0.4, 0.5) is 5.13 Å². The molecule has 0 aromatic carbocycles. The largest absolute Gasteiger partial charge is 0.478 e. The number of anilines is 1. The lowest BCUT2D eigenvalue weighted by Crippen LogP contribution is -2.74. The number of allylic oxidation sites excluding steroid dienone is 1. The number of oxime groups is 1. The van der Waals surface area contributed by atoms with Crippen LogP contribution in [0.2, 0.25) is 0 Å². The Hall–Kier alpha value is -3.70. The SMILES string of the molecule is CN1C=CC(SCC2=C(C(=O)O)N3C(=O)C(NC(=O)C(=NOC(C)(C)C(=O)O)c4csc(N)n4)C3S(=O)C2)=CC1. The number of hydrogen-bond donors (Lipinski definition) is 4. The number of aliphatic carboxylic acids is 2. The number of carboxylic acids is 2. The summed E-state index contributed by atoms with van der Waals surface area (Å²) in [5.74, 6) is -4.28. The summed E-state index contributed by atoms with van der Waals surface area (Å²) in [5.41, 5.74) is 3.48. The number of nitrogens with zero attached hydrogens (tertiary/aromatic N) is 4. The van der Waals surface area contributed by atoms with Gasteiger partial charge < -0.3 is 31.0 Å². The molecule has 0 spiro atoms. The van der Waals surface area contributed by atoms with Crippen LogP contribution in [0.1, 0.15) is 19.5 Å². The molecular weight excluding hydrogens is 584 g/mol.